The van der Waals surface area contributed by atoms with E-state index in [0.29, 0.717) is 18.6 Å². The van der Waals surface area contributed by atoms with E-state index in [4.69, 9.17) is 4.74 Å². The highest BCUT2D eigenvalue weighted by molar-refractivity contribution is 5.94. The van der Waals surface area contributed by atoms with Crippen LogP contribution in [0, 0.1) is 11.8 Å². The molecule has 3 rings (SSSR count). The summed E-state index contributed by atoms with van der Waals surface area (Å²) >= 11 is 0. The molecule has 0 radical (unpaired) electrons. The lowest BCUT2D eigenvalue weighted by molar-refractivity contribution is -0.136. The predicted molar refractivity (Wildman–Crippen MR) is 154 cm³/mol. The minimum atomic E-state index is -1.03. The van der Waals surface area contributed by atoms with Crippen LogP contribution < -0.4 is 20.7 Å². The quantitative estimate of drug-likeness (QED) is 0.482. The number of benzene rings is 2. The highest BCUT2D eigenvalue weighted by Gasteiger charge is 2.38. The van der Waals surface area contributed by atoms with Gasteiger partial charge in [-0.2, -0.15) is 0 Å². The van der Waals surface area contributed by atoms with Crippen molar-refractivity contribution in [3.63, 3.8) is 0 Å². The van der Waals surface area contributed by atoms with Gasteiger partial charge in [-0.05, 0) is 68.1 Å². The van der Waals surface area contributed by atoms with E-state index in [0.717, 1.165) is 11.1 Å². The smallest absolute Gasteiger partial charge is 0.247 e. The molecule has 1 heterocycles. The number of rotatable bonds is 8. The second-order valence-electron chi connectivity index (χ2n) is 11.1. The molecule has 210 valence electrons. The Balaban J connectivity index is 1.99. The van der Waals surface area contributed by atoms with Crippen LogP contribution in [0.25, 0.3) is 6.08 Å². The average molecular weight is 535 g/mol. The van der Waals surface area contributed by atoms with Crippen LogP contribution in [0.3, 0.4) is 0 Å². The molecule has 0 spiro atoms. The van der Waals surface area contributed by atoms with Gasteiger partial charge in [-0.3, -0.25) is 19.3 Å². The minimum absolute atomic E-state index is 0.130. The topological polar surface area (TPSA) is 99.8 Å². The van der Waals surface area contributed by atoms with E-state index >= 15 is 0 Å². The van der Waals surface area contributed by atoms with Gasteiger partial charge in [0.1, 0.15) is 23.9 Å². The van der Waals surface area contributed by atoms with Crippen LogP contribution in [0.1, 0.15) is 45.2 Å². The maximum atomic E-state index is 13.9. The van der Waals surface area contributed by atoms with E-state index in [1.807, 2.05) is 101 Å². The first-order valence-corrected chi connectivity index (χ1v) is 13.6. The third kappa shape index (κ3) is 8.68. The maximum Gasteiger partial charge on any atom is 0.247 e. The Morgan fingerprint density at radius 2 is 1.72 bits per heavy atom. The van der Waals surface area contributed by atoms with E-state index in [2.05, 4.69) is 16.0 Å². The molecule has 4 unspecified atom stereocenters. The average Bonchev–Trinajstić information content (AvgIpc) is 2.88. The number of nitrogens with one attached hydrogen (secondary N) is 3. The van der Waals surface area contributed by atoms with Crippen molar-refractivity contribution in [3.8, 4) is 5.75 Å². The molecule has 0 aliphatic carbocycles. The summed E-state index contributed by atoms with van der Waals surface area (Å²) < 4.78 is 6.39. The molecule has 2 aromatic rings. The summed E-state index contributed by atoms with van der Waals surface area (Å²) in [7, 11) is 3.69. The molecule has 39 heavy (non-hydrogen) atoms. The molecule has 8 heteroatoms. The SMILES string of the molecule is CC(C)CC1NC(=O)C(NC(=O)C(Cc2ccccc2)N(C)C)C(C(C)C)Oc2cccc(c2)/C=C\NC1=O. The summed E-state index contributed by atoms with van der Waals surface area (Å²) in [6.07, 6.45) is 3.60. The third-order valence-corrected chi connectivity index (χ3v) is 6.74. The molecular weight excluding hydrogens is 492 g/mol. The molecule has 0 aromatic heterocycles. The van der Waals surface area contributed by atoms with Crippen LogP contribution in [-0.2, 0) is 20.8 Å². The number of likely N-dealkylation sites (N-methyl/N-ethyl adjacent to an activating group) is 1. The lowest BCUT2D eigenvalue weighted by atomic mass is 9.96. The Hall–Kier alpha value is -3.65. The van der Waals surface area contributed by atoms with Crippen LogP contribution in [0.5, 0.6) is 5.75 Å². The van der Waals surface area contributed by atoms with Crippen molar-refractivity contribution >= 4 is 23.8 Å². The largest absolute Gasteiger partial charge is 0.487 e. The van der Waals surface area contributed by atoms with E-state index < -0.39 is 30.1 Å². The first-order valence-electron chi connectivity index (χ1n) is 13.6. The molecule has 4 atom stereocenters. The third-order valence-electron chi connectivity index (χ3n) is 6.74. The Morgan fingerprint density at radius 3 is 2.36 bits per heavy atom. The normalized spacial score (nSPS) is 21.6. The van der Waals surface area contributed by atoms with Crippen LogP contribution in [0.15, 0.2) is 60.8 Å². The zero-order chi connectivity index (χ0) is 28.5. The Labute approximate surface area is 232 Å². The molecule has 0 fully saturated rings. The molecule has 8 nitrogen and oxygen atoms in total. The van der Waals surface area contributed by atoms with Gasteiger partial charge in [-0.15, -0.1) is 0 Å². The number of carbonyl (C=O) groups is 3. The lowest BCUT2D eigenvalue weighted by Crippen LogP contribution is -2.62. The minimum Gasteiger partial charge on any atom is -0.487 e. The highest BCUT2D eigenvalue weighted by atomic mass is 16.5. The van der Waals surface area contributed by atoms with Gasteiger partial charge in [-0.25, -0.2) is 0 Å². The van der Waals surface area contributed by atoms with Gasteiger partial charge in [0, 0.05) is 6.20 Å². The molecule has 3 N–H and O–H groups in total. The van der Waals surface area contributed by atoms with Gasteiger partial charge in [0.05, 0.1) is 6.04 Å². The number of fused-ring (bicyclic) bond motifs is 2. The zero-order valence-corrected chi connectivity index (χ0v) is 23.8. The molecule has 1 aliphatic rings. The van der Waals surface area contributed by atoms with Gasteiger partial charge in [0.25, 0.3) is 0 Å². The van der Waals surface area contributed by atoms with Gasteiger partial charge >= 0.3 is 0 Å². The predicted octanol–water partition coefficient (Wildman–Crippen LogP) is 3.38. The molecular formula is C31H42N4O4. The maximum absolute atomic E-state index is 13.9. The highest BCUT2D eigenvalue weighted by Crippen LogP contribution is 2.22. The molecule has 1 aliphatic heterocycles. The fraction of sp³-hybridized carbons (Fsp3) is 0.452. The van der Waals surface area contributed by atoms with Crippen molar-refractivity contribution in [3.05, 3.63) is 71.9 Å². The van der Waals surface area contributed by atoms with Crippen LogP contribution in [0.2, 0.25) is 0 Å². The Morgan fingerprint density at radius 1 is 1.00 bits per heavy atom. The molecule has 0 saturated heterocycles. The monoisotopic (exact) mass is 534 g/mol. The number of nitrogens with zero attached hydrogens (tertiary/aromatic N) is 1. The molecule has 2 bridgehead atoms. The summed E-state index contributed by atoms with van der Waals surface area (Å²) in [5.41, 5.74) is 1.85. The second-order valence-corrected chi connectivity index (χ2v) is 11.1. The fourth-order valence-electron chi connectivity index (χ4n) is 4.62. The van der Waals surface area contributed by atoms with E-state index in [-0.39, 0.29) is 23.7 Å². The van der Waals surface area contributed by atoms with E-state index in [1.165, 1.54) is 0 Å². The zero-order valence-electron chi connectivity index (χ0n) is 23.8. The van der Waals surface area contributed by atoms with Crippen molar-refractivity contribution in [2.24, 2.45) is 11.8 Å². The lowest BCUT2D eigenvalue weighted by Gasteiger charge is -2.33. The van der Waals surface area contributed by atoms with Crippen molar-refractivity contribution in [1.82, 2.24) is 20.9 Å². The number of amides is 3. The van der Waals surface area contributed by atoms with Crippen molar-refractivity contribution < 1.29 is 19.1 Å². The molecule has 0 saturated carbocycles. The summed E-state index contributed by atoms with van der Waals surface area (Å²) in [6, 6.07) is 14.9. The second kappa shape index (κ2) is 13.9. The first-order chi connectivity index (χ1) is 18.5. The van der Waals surface area contributed by atoms with Crippen molar-refractivity contribution in [1.29, 1.82) is 0 Å². The summed E-state index contributed by atoms with van der Waals surface area (Å²) in [5, 5.41) is 8.70. The van der Waals surface area contributed by atoms with Gasteiger partial charge in [-0.1, -0.05) is 70.2 Å². The number of hydrogen-bond donors (Lipinski definition) is 3. The summed E-state index contributed by atoms with van der Waals surface area (Å²) in [5.74, 6) is -0.464. The summed E-state index contributed by atoms with van der Waals surface area (Å²) in [4.78, 5) is 42.5. The van der Waals surface area contributed by atoms with Crippen LogP contribution >= 0.6 is 0 Å². The Kier molecular flexibility index (Phi) is 10.7. The standard InChI is InChI=1S/C31H42N4O4/c1-20(2)17-25-29(36)32-16-15-23-13-10-14-24(18-23)39-28(21(3)4)27(31(38)33-25)34-30(37)26(35(5)6)19-22-11-8-7-9-12-22/h7-16,18,20-21,25-28H,17,19H2,1-6H3,(H,32,36)(H,33,38)(H,34,37)/b16-15-. The van der Waals surface area contributed by atoms with Crippen molar-refractivity contribution in [2.75, 3.05) is 14.1 Å². The van der Waals surface area contributed by atoms with Crippen molar-refractivity contribution in [2.45, 2.75) is 64.8 Å². The molecule has 2 aromatic carbocycles. The van der Waals surface area contributed by atoms with Gasteiger partial charge in [0.15, 0.2) is 0 Å². The fourth-order valence-corrected chi connectivity index (χ4v) is 4.62. The number of ether oxygens (including phenoxy) is 1. The van der Waals surface area contributed by atoms with Crippen LogP contribution in [-0.4, -0.2) is 60.9 Å². The van der Waals surface area contributed by atoms with E-state index in [1.54, 1.807) is 12.3 Å². The first kappa shape index (κ1) is 29.9. The van der Waals surface area contributed by atoms with Crippen LogP contribution in [0.4, 0.5) is 0 Å². The number of hydrogen-bond acceptors (Lipinski definition) is 5. The number of carbonyl (C=O) groups excluding carboxylic acids is 3. The summed E-state index contributed by atoms with van der Waals surface area (Å²) in [6.45, 7) is 7.88. The van der Waals surface area contributed by atoms with E-state index in [9.17, 15) is 14.4 Å². The Bertz CT molecular complexity index is 1150. The van der Waals surface area contributed by atoms with Gasteiger partial charge in [0.2, 0.25) is 17.7 Å². The van der Waals surface area contributed by atoms with Gasteiger partial charge < -0.3 is 20.7 Å². The molecule has 3 amide bonds.